The van der Waals surface area contributed by atoms with Crippen molar-refractivity contribution in [2.45, 2.75) is 20.8 Å². The van der Waals surface area contributed by atoms with E-state index in [1.807, 2.05) is 19.9 Å². The fourth-order valence-corrected chi connectivity index (χ4v) is 2.13. The Balaban J connectivity index is 2.11. The molecule has 2 N–H and O–H groups in total. The highest BCUT2D eigenvalue weighted by Crippen LogP contribution is 2.27. The molecule has 0 saturated carbocycles. The molecule has 0 fully saturated rings. The molecule has 0 aliphatic heterocycles. The number of nitrogens with one attached hydrogen (secondary N) is 2. The van der Waals surface area contributed by atoms with Gasteiger partial charge in [0.15, 0.2) is 5.82 Å². The van der Waals surface area contributed by atoms with Gasteiger partial charge in [-0.2, -0.15) is 0 Å². The largest absolute Gasteiger partial charge is 0.360 e. The highest BCUT2D eigenvalue weighted by molar-refractivity contribution is 6.34. The standard InChI is InChI=1S/C13H14ClN3O2/c1-7-4-8(2)12(10(14)5-7)16-13(18)15-11-6-9(3)19-17-11/h4-6H,1-3H3,(H2,15,16,17,18). The molecule has 2 rings (SSSR count). The van der Waals surface area contributed by atoms with Gasteiger partial charge in [0.1, 0.15) is 5.76 Å². The summed E-state index contributed by atoms with van der Waals surface area (Å²) in [5.41, 5.74) is 2.53. The van der Waals surface area contributed by atoms with Crippen LogP contribution in [0.3, 0.4) is 0 Å². The van der Waals surface area contributed by atoms with E-state index in [-0.39, 0.29) is 0 Å². The number of urea groups is 1. The zero-order chi connectivity index (χ0) is 14.0. The molecule has 2 amide bonds. The molecule has 0 spiro atoms. The van der Waals surface area contributed by atoms with Gasteiger partial charge in [0.25, 0.3) is 0 Å². The molecule has 2 aromatic rings. The van der Waals surface area contributed by atoms with Gasteiger partial charge >= 0.3 is 6.03 Å². The molecule has 19 heavy (non-hydrogen) atoms. The maximum Gasteiger partial charge on any atom is 0.324 e. The summed E-state index contributed by atoms with van der Waals surface area (Å²) in [4.78, 5) is 11.8. The minimum atomic E-state index is -0.415. The Hall–Kier alpha value is -2.01. The summed E-state index contributed by atoms with van der Waals surface area (Å²) in [7, 11) is 0. The lowest BCUT2D eigenvalue weighted by Crippen LogP contribution is -2.20. The quantitative estimate of drug-likeness (QED) is 0.876. The maximum atomic E-state index is 11.8. The van der Waals surface area contributed by atoms with E-state index in [9.17, 15) is 4.79 Å². The molecule has 1 aromatic carbocycles. The van der Waals surface area contributed by atoms with Crippen LogP contribution in [0.2, 0.25) is 5.02 Å². The normalized spacial score (nSPS) is 10.3. The van der Waals surface area contributed by atoms with Crippen LogP contribution in [-0.2, 0) is 0 Å². The fraction of sp³-hybridized carbons (Fsp3) is 0.231. The van der Waals surface area contributed by atoms with E-state index in [4.69, 9.17) is 16.1 Å². The Labute approximate surface area is 115 Å². The van der Waals surface area contributed by atoms with Crippen LogP contribution in [0.4, 0.5) is 16.3 Å². The average Bonchev–Trinajstić information content (AvgIpc) is 2.69. The summed E-state index contributed by atoms with van der Waals surface area (Å²) in [5, 5.41) is 9.45. The number of rotatable bonds is 2. The van der Waals surface area contributed by atoms with E-state index < -0.39 is 6.03 Å². The van der Waals surface area contributed by atoms with Crippen LogP contribution in [0, 0.1) is 20.8 Å². The number of anilines is 2. The predicted molar refractivity (Wildman–Crippen MR) is 74.8 cm³/mol. The van der Waals surface area contributed by atoms with Gasteiger partial charge < -0.3 is 9.84 Å². The number of carbonyl (C=O) groups excluding carboxylic acids is 1. The average molecular weight is 280 g/mol. The Morgan fingerprint density at radius 1 is 1.21 bits per heavy atom. The van der Waals surface area contributed by atoms with Crippen molar-refractivity contribution in [2.24, 2.45) is 0 Å². The third-order valence-corrected chi connectivity index (χ3v) is 2.84. The molecular formula is C13H14ClN3O2. The van der Waals surface area contributed by atoms with Gasteiger partial charge in [-0.05, 0) is 38.0 Å². The minimum absolute atomic E-state index is 0.357. The van der Waals surface area contributed by atoms with Crippen molar-refractivity contribution in [3.63, 3.8) is 0 Å². The number of amides is 2. The highest BCUT2D eigenvalue weighted by atomic mass is 35.5. The molecule has 100 valence electrons. The molecule has 0 aliphatic rings. The summed E-state index contributed by atoms with van der Waals surface area (Å²) in [6, 6.07) is 4.96. The van der Waals surface area contributed by atoms with Crippen LogP contribution in [0.25, 0.3) is 0 Å². The zero-order valence-corrected chi connectivity index (χ0v) is 11.6. The van der Waals surface area contributed by atoms with Gasteiger partial charge in [-0.25, -0.2) is 4.79 Å². The van der Waals surface area contributed by atoms with Crippen LogP contribution < -0.4 is 10.6 Å². The molecule has 0 radical (unpaired) electrons. The van der Waals surface area contributed by atoms with Crippen molar-refractivity contribution in [2.75, 3.05) is 10.6 Å². The van der Waals surface area contributed by atoms with Gasteiger partial charge in [-0.15, -0.1) is 0 Å². The molecule has 5 nitrogen and oxygen atoms in total. The van der Waals surface area contributed by atoms with Crippen molar-refractivity contribution >= 4 is 29.1 Å². The molecule has 0 bridgehead atoms. The SMILES string of the molecule is Cc1cc(C)c(NC(=O)Nc2cc(C)on2)c(Cl)c1. The second kappa shape index (κ2) is 5.32. The fourth-order valence-electron chi connectivity index (χ4n) is 1.76. The number of nitrogens with zero attached hydrogens (tertiary/aromatic N) is 1. The highest BCUT2D eigenvalue weighted by Gasteiger charge is 2.11. The number of benzene rings is 1. The summed E-state index contributed by atoms with van der Waals surface area (Å²) < 4.78 is 4.86. The smallest absolute Gasteiger partial charge is 0.324 e. The number of hydrogen-bond donors (Lipinski definition) is 2. The molecule has 1 heterocycles. The molecule has 0 unspecified atom stereocenters. The maximum absolute atomic E-state index is 11.8. The third kappa shape index (κ3) is 3.26. The van der Waals surface area contributed by atoms with Gasteiger partial charge in [-0.1, -0.05) is 22.8 Å². The number of hydrogen-bond acceptors (Lipinski definition) is 3. The number of aryl methyl sites for hydroxylation is 3. The van der Waals surface area contributed by atoms with Crippen LogP contribution in [0.1, 0.15) is 16.9 Å². The Kier molecular flexibility index (Phi) is 3.76. The number of carbonyl (C=O) groups is 1. The minimum Gasteiger partial charge on any atom is -0.360 e. The van der Waals surface area contributed by atoms with Gasteiger partial charge in [-0.3, -0.25) is 5.32 Å². The predicted octanol–water partition coefficient (Wildman–Crippen LogP) is 3.90. The van der Waals surface area contributed by atoms with E-state index >= 15 is 0 Å². The van der Waals surface area contributed by atoms with Crippen molar-refractivity contribution in [3.05, 3.63) is 40.1 Å². The second-order valence-electron chi connectivity index (χ2n) is 4.34. The van der Waals surface area contributed by atoms with Crippen LogP contribution in [0.5, 0.6) is 0 Å². The summed E-state index contributed by atoms with van der Waals surface area (Å²) >= 11 is 6.11. The van der Waals surface area contributed by atoms with E-state index in [1.165, 1.54) is 0 Å². The first kappa shape index (κ1) is 13.4. The van der Waals surface area contributed by atoms with Gasteiger partial charge in [0.05, 0.1) is 10.7 Å². The molecule has 1 aromatic heterocycles. The van der Waals surface area contributed by atoms with Crippen molar-refractivity contribution in [3.8, 4) is 0 Å². The Morgan fingerprint density at radius 2 is 1.95 bits per heavy atom. The summed E-state index contributed by atoms with van der Waals surface area (Å²) in [5.74, 6) is 0.982. The second-order valence-corrected chi connectivity index (χ2v) is 4.75. The van der Waals surface area contributed by atoms with Crippen LogP contribution in [0.15, 0.2) is 22.7 Å². The molecular weight excluding hydrogens is 266 g/mol. The molecule has 0 atom stereocenters. The summed E-state index contributed by atoms with van der Waals surface area (Å²) in [6.07, 6.45) is 0. The zero-order valence-electron chi connectivity index (χ0n) is 10.9. The molecule has 6 heteroatoms. The number of aromatic nitrogens is 1. The van der Waals surface area contributed by atoms with E-state index in [2.05, 4.69) is 15.8 Å². The first-order valence-electron chi connectivity index (χ1n) is 5.74. The molecule has 0 aliphatic carbocycles. The van der Waals surface area contributed by atoms with Crippen molar-refractivity contribution in [1.29, 1.82) is 0 Å². The molecule has 0 saturated heterocycles. The van der Waals surface area contributed by atoms with Crippen LogP contribution >= 0.6 is 11.6 Å². The van der Waals surface area contributed by atoms with Crippen molar-refractivity contribution in [1.82, 2.24) is 5.16 Å². The number of halogens is 1. The Morgan fingerprint density at radius 3 is 2.53 bits per heavy atom. The lowest BCUT2D eigenvalue weighted by atomic mass is 10.1. The lowest BCUT2D eigenvalue weighted by Gasteiger charge is -2.11. The first-order chi connectivity index (χ1) is 8.95. The van der Waals surface area contributed by atoms with Crippen molar-refractivity contribution < 1.29 is 9.32 Å². The Bertz CT molecular complexity index is 599. The third-order valence-electron chi connectivity index (χ3n) is 2.54. The van der Waals surface area contributed by atoms with E-state index in [0.29, 0.717) is 22.3 Å². The van der Waals surface area contributed by atoms with Gasteiger partial charge in [0, 0.05) is 6.07 Å². The summed E-state index contributed by atoms with van der Waals surface area (Å²) in [6.45, 7) is 5.58. The van der Waals surface area contributed by atoms with Crippen LogP contribution in [-0.4, -0.2) is 11.2 Å². The first-order valence-corrected chi connectivity index (χ1v) is 6.11. The van der Waals surface area contributed by atoms with E-state index in [1.54, 1.807) is 19.1 Å². The van der Waals surface area contributed by atoms with E-state index in [0.717, 1.165) is 11.1 Å². The lowest BCUT2D eigenvalue weighted by molar-refractivity contribution is 0.262. The monoisotopic (exact) mass is 279 g/mol. The van der Waals surface area contributed by atoms with Gasteiger partial charge in [0.2, 0.25) is 0 Å². The topological polar surface area (TPSA) is 67.2 Å².